The maximum Gasteiger partial charge on any atom is 0.147 e. The molecule has 0 unspecified atom stereocenters. The van der Waals surface area contributed by atoms with Gasteiger partial charge in [0.05, 0.1) is 11.6 Å². The molecule has 2 rings (SSSR count). The molecule has 0 aliphatic rings. The van der Waals surface area contributed by atoms with Crippen molar-refractivity contribution in [2.45, 2.75) is 33.4 Å². The van der Waals surface area contributed by atoms with Crippen LogP contribution in [0.25, 0.3) is 0 Å². The Hall–Kier alpha value is -1.10. The Labute approximate surface area is 136 Å². The van der Waals surface area contributed by atoms with Gasteiger partial charge in [-0.15, -0.1) is 11.3 Å². The Bertz CT molecular complexity index is 542. The lowest BCUT2D eigenvalue weighted by Crippen LogP contribution is -2.23. The molecule has 0 atom stereocenters. The Morgan fingerprint density at radius 3 is 2.86 bits per heavy atom. The molecule has 3 nitrogen and oxygen atoms in total. The molecular formula is C16H22ClN3S. The molecule has 0 aromatic carbocycles. The molecular weight excluding hydrogens is 302 g/mol. The third-order valence-electron chi connectivity index (χ3n) is 3.24. The van der Waals surface area contributed by atoms with Crippen LogP contribution in [0.1, 0.15) is 30.7 Å². The number of halogens is 1. The van der Waals surface area contributed by atoms with Gasteiger partial charge in [0.15, 0.2) is 0 Å². The van der Waals surface area contributed by atoms with Crippen molar-refractivity contribution in [2.75, 3.05) is 18.0 Å². The number of pyridine rings is 1. The number of nitrogens with one attached hydrogen (secondary N) is 1. The largest absolute Gasteiger partial charge is 0.351 e. The molecule has 2 aromatic rings. The summed E-state index contributed by atoms with van der Waals surface area (Å²) in [6.07, 6.45) is 3.05. The lowest BCUT2D eigenvalue weighted by molar-refractivity contribution is 0.673. The minimum Gasteiger partial charge on any atom is -0.351 e. The molecule has 2 heterocycles. The number of anilines is 1. The summed E-state index contributed by atoms with van der Waals surface area (Å²) in [7, 11) is 0. The molecule has 0 saturated heterocycles. The van der Waals surface area contributed by atoms with Crippen LogP contribution in [-0.2, 0) is 13.1 Å². The summed E-state index contributed by atoms with van der Waals surface area (Å²) in [6, 6.07) is 6.24. The summed E-state index contributed by atoms with van der Waals surface area (Å²) >= 11 is 8.19. The summed E-state index contributed by atoms with van der Waals surface area (Å²) in [4.78, 5) is 8.10. The van der Waals surface area contributed by atoms with Crippen LogP contribution in [0.5, 0.6) is 0 Å². The predicted molar refractivity (Wildman–Crippen MR) is 92.3 cm³/mol. The molecule has 21 heavy (non-hydrogen) atoms. The SMILES string of the molecule is CCCNCc1cnc(N(CC)Cc2cccs2)c(Cl)c1. The highest BCUT2D eigenvalue weighted by Crippen LogP contribution is 2.26. The first kappa shape index (κ1) is 16.3. The normalized spacial score (nSPS) is 10.8. The van der Waals surface area contributed by atoms with Gasteiger partial charge in [0.2, 0.25) is 0 Å². The van der Waals surface area contributed by atoms with E-state index in [4.69, 9.17) is 11.6 Å². The van der Waals surface area contributed by atoms with Gasteiger partial charge in [0.1, 0.15) is 5.82 Å². The minimum absolute atomic E-state index is 0.726. The predicted octanol–water partition coefficient (Wildman–Crippen LogP) is 4.32. The molecule has 114 valence electrons. The van der Waals surface area contributed by atoms with Crippen molar-refractivity contribution in [1.82, 2.24) is 10.3 Å². The van der Waals surface area contributed by atoms with Gasteiger partial charge < -0.3 is 10.2 Å². The van der Waals surface area contributed by atoms with Crippen molar-refractivity contribution in [1.29, 1.82) is 0 Å². The van der Waals surface area contributed by atoms with E-state index in [1.807, 2.05) is 12.3 Å². The van der Waals surface area contributed by atoms with Crippen LogP contribution in [0.2, 0.25) is 5.02 Å². The zero-order valence-electron chi connectivity index (χ0n) is 12.6. The second-order valence-electron chi connectivity index (χ2n) is 4.92. The van der Waals surface area contributed by atoms with Gasteiger partial charge >= 0.3 is 0 Å². The number of thiophene rings is 1. The van der Waals surface area contributed by atoms with E-state index in [1.165, 1.54) is 4.88 Å². The van der Waals surface area contributed by atoms with E-state index in [0.29, 0.717) is 0 Å². The molecule has 0 radical (unpaired) electrons. The molecule has 0 fully saturated rings. The fraction of sp³-hybridized carbons (Fsp3) is 0.438. The highest BCUT2D eigenvalue weighted by molar-refractivity contribution is 7.09. The third kappa shape index (κ3) is 4.70. The monoisotopic (exact) mass is 323 g/mol. The van der Waals surface area contributed by atoms with Gasteiger partial charge in [-0.1, -0.05) is 24.6 Å². The van der Waals surface area contributed by atoms with E-state index >= 15 is 0 Å². The van der Waals surface area contributed by atoms with Crippen LogP contribution in [0.3, 0.4) is 0 Å². The number of aromatic nitrogens is 1. The van der Waals surface area contributed by atoms with E-state index in [0.717, 1.165) is 49.0 Å². The fourth-order valence-corrected chi connectivity index (χ4v) is 3.16. The van der Waals surface area contributed by atoms with Gasteiger partial charge in [0.25, 0.3) is 0 Å². The van der Waals surface area contributed by atoms with Crippen LogP contribution < -0.4 is 10.2 Å². The number of hydrogen-bond donors (Lipinski definition) is 1. The van der Waals surface area contributed by atoms with Crippen LogP contribution in [0.15, 0.2) is 29.8 Å². The van der Waals surface area contributed by atoms with Crippen molar-refractivity contribution >= 4 is 28.8 Å². The first-order valence-electron chi connectivity index (χ1n) is 7.37. The standard InChI is InChI=1S/C16H22ClN3S/c1-3-7-18-10-13-9-15(17)16(19-11-13)20(4-2)12-14-6-5-8-21-14/h5-6,8-9,11,18H,3-4,7,10,12H2,1-2H3. The van der Waals surface area contributed by atoms with Crippen molar-refractivity contribution < 1.29 is 0 Å². The van der Waals surface area contributed by atoms with Gasteiger partial charge in [0, 0.05) is 24.2 Å². The maximum absolute atomic E-state index is 6.43. The van der Waals surface area contributed by atoms with E-state index in [-0.39, 0.29) is 0 Å². The molecule has 0 spiro atoms. The second kappa shape index (κ2) is 8.37. The third-order valence-corrected chi connectivity index (χ3v) is 4.38. The molecule has 5 heteroatoms. The summed E-state index contributed by atoms with van der Waals surface area (Å²) in [5.74, 6) is 0.867. The number of nitrogens with zero attached hydrogens (tertiary/aromatic N) is 2. The molecule has 1 N–H and O–H groups in total. The molecule has 0 bridgehead atoms. The van der Waals surface area contributed by atoms with Gasteiger partial charge in [-0.05, 0) is 43.0 Å². The zero-order valence-corrected chi connectivity index (χ0v) is 14.2. The van der Waals surface area contributed by atoms with Crippen molar-refractivity contribution in [2.24, 2.45) is 0 Å². The van der Waals surface area contributed by atoms with E-state index < -0.39 is 0 Å². The lowest BCUT2D eigenvalue weighted by atomic mass is 10.2. The summed E-state index contributed by atoms with van der Waals surface area (Å²) in [6.45, 7) is 7.86. The smallest absolute Gasteiger partial charge is 0.147 e. The lowest BCUT2D eigenvalue weighted by Gasteiger charge is -2.22. The van der Waals surface area contributed by atoms with Crippen LogP contribution in [0, 0.1) is 0 Å². The van der Waals surface area contributed by atoms with Crippen molar-refractivity contribution in [3.8, 4) is 0 Å². The molecule has 0 amide bonds. The fourth-order valence-electron chi connectivity index (χ4n) is 2.14. The minimum atomic E-state index is 0.726. The number of rotatable bonds is 8. The van der Waals surface area contributed by atoms with Crippen LogP contribution in [0.4, 0.5) is 5.82 Å². The first-order valence-corrected chi connectivity index (χ1v) is 8.62. The molecule has 0 aliphatic carbocycles. The molecule has 0 saturated carbocycles. The highest BCUT2D eigenvalue weighted by Gasteiger charge is 2.12. The zero-order chi connectivity index (χ0) is 15.1. The van der Waals surface area contributed by atoms with E-state index in [9.17, 15) is 0 Å². The Balaban J connectivity index is 2.07. The van der Waals surface area contributed by atoms with Crippen molar-refractivity contribution in [3.05, 3.63) is 45.2 Å². The van der Waals surface area contributed by atoms with Crippen LogP contribution in [-0.4, -0.2) is 18.1 Å². The van der Waals surface area contributed by atoms with E-state index in [2.05, 4.69) is 46.6 Å². The first-order chi connectivity index (χ1) is 10.2. The van der Waals surface area contributed by atoms with Crippen LogP contribution >= 0.6 is 22.9 Å². The maximum atomic E-state index is 6.43. The average molecular weight is 324 g/mol. The number of hydrogen-bond acceptors (Lipinski definition) is 4. The molecule has 0 aliphatic heterocycles. The molecule has 2 aromatic heterocycles. The van der Waals surface area contributed by atoms with Gasteiger partial charge in [-0.3, -0.25) is 0 Å². The van der Waals surface area contributed by atoms with Gasteiger partial charge in [-0.25, -0.2) is 4.98 Å². The van der Waals surface area contributed by atoms with Crippen molar-refractivity contribution in [3.63, 3.8) is 0 Å². The van der Waals surface area contributed by atoms with E-state index in [1.54, 1.807) is 11.3 Å². The summed E-state index contributed by atoms with van der Waals surface area (Å²) < 4.78 is 0. The Kier molecular flexibility index (Phi) is 6.49. The average Bonchev–Trinajstić information content (AvgIpc) is 2.99. The summed E-state index contributed by atoms with van der Waals surface area (Å²) in [5, 5.41) is 6.19. The Morgan fingerprint density at radius 1 is 1.38 bits per heavy atom. The van der Waals surface area contributed by atoms with Gasteiger partial charge in [-0.2, -0.15) is 0 Å². The second-order valence-corrected chi connectivity index (χ2v) is 6.36. The Morgan fingerprint density at radius 2 is 2.24 bits per heavy atom. The topological polar surface area (TPSA) is 28.2 Å². The highest BCUT2D eigenvalue weighted by atomic mass is 35.5. The summed E-state index contributed by atoms with van der Waals surface area (Å²) in [5.41, 5.74) is 1.13. The quantitative estimate of drug-likeness (QED) is 0.733.